The molecule has 6 nitrogen and oxygen atoms in total. The summed E-state index contributed by atoms with van der Waals surface area (Å²) in [6, 6.07) is -1.32. The molecule has 17 heavy (non-hydrogen) atoms. The van der Waals surface area contributed by atoms with Gasteiger partial charge in [0.15, 0.2) is 0 Å². The Morgan fingerprint density at radius 2 is 2.00 bits per heavy atom. The number of amides is 2. The van der Waals surface area contributed by atoms with E-state index in [0.717, 1.165) is 0 Å². The van der Waals surface area contributed by atoms with E-state index >= 15 is 0 Å². The van der Waals surface area contributed by atoms with Crippen molar-refractivity contribution in [3.8, 4) is 0 Å². The third-order valence-electron chi connectivity index (χ3n) is 2.05. The summed E-state index contributed by atoms with van der Waals surface area (Å²) in [5, 5.41) is 13.9. The van der Waals surface area contributed by atoms with Gasteiger partial charge in [-0.25, -0.2) is 9.59 Å². The number of ether oxygens (including phenoxy) is 1. The molecule has 0 aromatic carbocycles. The fraction of sp³-hybridized carbons (Fsp3) is 0.818. The maximum absolute atomic E-state index is 11.4. The zero-order valence-corrected chi connectivity index (χ0v) is 10.7. The summed E-state index contributed by atoms with van der Waals surface area (Å²) >= 11 is 0. The number of nitrogens with one attached hydrogen (secondary N) is 2. The molecule has 0 aromatic heterocycles. The Morgan fingerprint density at radius 1 is 1.35 bits per heavy atom. The van der Waals surface area contributed by atoms with Crippen molar-refractivity contribution in [2.24, 2.45) is 5.92 Å². The van der Waals surface area contributed by atoms with Crippen molar-refractivity contribution in [3.63, 3.8) is 0 Å². The van der Waals surface area contributed by atoms with Crippen LogP contribution in [-0.4, -0.2) is 42.9 Å². The minimum Gasteiger partial charge on any atom is -0.480 e. The minimum absolute atomic E-state index is 0.208. The summed E-state index contributed by atoms with van der Waals surface area (Å²) in [5.74, 6) is -0.807. The van der Waals surface area contributed by atoms with Crippen molar-refractivity contribution < 1.29 is 19.4 Å². The lowest BCUT2D eigenvalue weighted by Crippen LogP contribution is -2.47. The van der Waals surface area contributed by atoms with Crippen LogP contribution in [0.15, 0.2) is 0 Å². The summed E-state index contributed by atoms with van der Waals surface area (Å²) in [7, 11) is 0. The highest BCUT2D eigenvalue weighted by Gasteiger charge is 2.20. The first-order valence-electron chi connectivity index (χ1n) is 5.82. The van der Waals surface area contributed by atoms with Gasteiger partial charge in [-0.1, -0.05) is 13.8 Å². The molecule has 0 saturated carbocycles. The Bertz CT molecular complexity index is 244. The van der Waals surface area contributed by atoms with Crippen LogP contribution in [0.5, 0.6) is 0 Å². The van der Waals surface area contributed by atoms with Crippen LogP contribution in [0.3, 0.4) is 0 Å². The Hall–Kier alpha value is -1.30. The van der Waals surface area contributed by atoms with E-state index in [-0.39, 0.29) is 5.92 Å². The molecule has 0 saturated heterocycles. The molecule has 0 bridgehead atoms. The number of carboxylic acids is 1. The first-order chi connectivity index (χ1) is 7.97. The van der Waals surface area contributed by atoms with Crippen LogP contribution in [0.1, 0.15) is 27.2 Å². The summed E-state index contributed by atoms with van der Waals surface area (Å²) < 4.78 is 5.04. The average Bonchev–Trinajstić information content (AvgIpc) is 2.22. The highest BCUT2D eigenvalue weighted by atomic mass is 16.5. The number of carbonyl (C=O) groups excluding carboxylic acids is 1. The van der Waals surface area contributed by atoms with E-state index in [9.17, 15) is 9.59 Å². The van der Waals surface area contributed by atoms with Crippen molar-refractivity contribution in [1.82, 2.24) is 10.6 Å². The van der Waals surface area contributed by atoms with E-state index in [1.807, 2.05) is 20.8 Å². The molecule has 0 aliphatic rings. The SMILES string of the molecule is CCOCCNC(=O)N[C@H](CC(C)C)C(=O)O. The van der Waals surface area contributed by atoms with Crippen LogP contribution in [0, 0.1) is 5.92 Å². The van der Waals surface area contributed by atoms with Crippen molar-refractivity contribution in [1.29, 1.82) is 0 Å². The molecule has 0 fully saturated rings. The van der Waals surface area contributed by atoms with E-state index in [1.54, 1.807) is 0 Å². The lowest BCUT2D eigenvalue weighted by Gasteiger charge is -2.16. The van der Waals surface area contributed by atoms with Crippen LogP contribution < -0.4 is 10.6 Å². The zero-order chi connectivity index (χ0) is 13.3. The first-order valence-corrected chi connectivity index (χ1v) is 5.82. The third-order valence-corrected chi connectivity index (χ3v) is 2.05. The molecule has 0 aliphatic heterocycles. The second kappa shape index (κ2) is 8.81. The van der Waals surface area contributed by atoms with Crippen LogP contribution in [0.4, 0.5) is 4.79 Å². The monoisotopic (exact) mass is 246 g/mol. The number of urea groups is 1. The summed E-state index contributed by atoms with van der Waals surface area (Å²) in [4.78, 5) is 22.2. The molecule has 2 amide bonds. The summed E-state index contributed by atoms with van der Waals surface area (Å²) in [6.45, 7) is 7.06. The predicted octanol–water partition coefficient (Wildman–Crippen LogP) is 0.821. The van der Waals surface area contributed by atoms with Crippen molar-refractivity contribution in [2.75, 3.05) is 19.8 Å². The molecule has 0 unspecified atom stereocenters. The van der Waals surface area contributed by atoms with Gasteiger partial charge in [0.2, 0.25) is 0 Å². The van der Waals surface area contributed by atoms with E-state index in [0.29, 0.717) is 26.2 Å². The standard InChI is InChI=1S/C11H22N2O4/c1-4-17-6-5-12-11(16)13-9(10(14)15)7-8(2)3/h8-9H,4-7H2,1-3H3,(H,14,15)(H2,12,13,16)/t9-/m1/s1. The maximum atomic E-state index is 11.4. The van der Waals surface area contributed by atoms with Gasteiger partial charge in [0.05, 0.1) is 6.61 Å². The molecule has 0 radical (unpaired) electrons. The van der Waals surface area contributed by atoms with E-state index in [1.165, 1.54) is 0 Å². The highest BCUT2D eigenvalue weighted by molar-refractivity contribution is 5.82. The topological polar surface area (TPSA) is 87.7 Å². The van der Waals surface area contributed by atoms with E-state index in [4.69, 9.17) is 9.84 Å². The molecule has 100 valence electrons. The number of hydrogen-bond acceptors (Lipinski definition) is 3. The van der Waals surface area contributed by atoms with Gasteiger partial charge >= 0.3 is 12.0 Å². The largest absolute Gasteiger partial charge is 0.480 e. The third kappa shape index (κ3) is 8.50. The molecule has 1 atom stereocenters. The van der Waals surface area contributed by atoms with Crippen molar-refractivity contribution >= 4 is 12.0 Å². The molecule has 0 aliphatic carbocycles. The molecule has 0 rings (SSSR count). The zero-order valence-electron chi connectivity index (χ0n) is 10.7. The van der Waals surface area contributed by atoms with Crippen molar-refractivity contribution in [2.45, 2.75) is 33.2 Å². The Labute approximate surface area is 102 Å². The van der Waals surface area contributed by atoms with Gasteiger partial charge in [-0.3, -0.25) is 0 Å². The highest BCUT2D eigenvalue weighted by Crippen LogP contribution is 2.04. The fourth-order valence-corrected chi connectivity index (χ4v) is 1.28. The second-order valence-corrected chi connectivity index (χ2v) is 4.12. The fourth-order valence-electron chi connectivity index (χ4n) is 1.28. The molecular weight excluding hydrogens is 224 g/mol. The van der Waals surface area contributed by atoms with E-state index < -0.39 is 18.0 Å². The normalized spacial score (nSPS) is 12.2. The van der Waals surface area contributed by atoms with Gasteiger partial charge in [0.1, 0.15) is 6.04 Å². The van der Waals surface area contributed by atoms with Crippen molar-refractivity contribution in [3.05, 3.63) is 0 Å². The van der Waals surface area contributed by atoms with Gasteiger partial charge in [-0.05, 0) is 19.3 Å². The van der Waals surface area contributed by atoms with Crippen LogP contribution >= 0.6 is 0 Å². The molecule has 3 N–H and O–H groups in total. The summed E-state index contributed by atoms with van der Waals surface area (Å²) in [5.41, 5.74) is 0. The quantitative estimate of drug-likeness (QED) is 0.553. The Morgan fingerprint density at radius 3 is 2.47 bits per heavy atom. The smallest absolute Gasteiger partial charge is 0.326 e. The average molecular weight is 246 g/mol. The number of carbonyl (C=O) groups is 2. The van der Waals surface area contributed by atoms with Crippen LogP contribution in [0.2, 0.25) is 0 Å². The minimum atomic E-state index is -1.02. The van der Waals surface area contributed by atoms with Gasteiger partial charge in [-0.15, -0.1) is 0 Å². The molecule has 6 heteroatoms. The summed E-state index contributed by atoms with van der Waals surface area (Å²) in [6.07, 6.45) is 0.411. The second-order valence-electron chi connectivity index (χ2n) is 4.12. The van der Waals surface area contributed by atoms with Gasteiger partial charge < -0.3 is 20.5 Å². The van der Waals surface area contributed by atoms with Crippen LogP contribution in [0.25, 0.3) is 0 Å². The number of rotatable bonds is 8. The Kier molecular flexibility index (Phi) is 8.13. The van der Waals surface area contributed by atoms with Gasteiger partial charge in [-0.2, -0.15) is 0 Å². The first kappa shape index (κ1) is 15.7. The molecule has 0 spiro atoms. The molecular formula is C11H22N2O4. The number of hydrogen-bond donors (Lipinski definition) is 3. The number of aliphatic carboxylic acids is 1. The lowest BCUT2D eigenvalue weighted by molar-refractivity contribution is -0.139. The van der Waals surface area contributed by atoms with Gasteiger partial charge in [0.25, 0.3) is 0 Å². The lowest BCUT2D eigenvalue weighted by atomic mass is 10.0. The number of carboxylic acid groups (broad SMARTS) is 1. The molecule has 0 aromatic rings. The van der Waals surface area contributed by atoms with E-state index in [2.05, 4.69) is 10.6 Å². The Balaban J connectivity index is 3.91. The molecule has 0 heterocycles. The maximum Gasteiger partial charge on any atom is 0.326 e. The van der Waals surface area contributed by atoms with Crippen LogP contribution in [-0.2, 0) is 9.53 Å². The van der Waals surface area contributed by atoms with Gasteiger partial charge in [0, 0.05) is 13.2 Å². The predicted molar refractivity (Wildman–Crippen MR) is 63.9 cm³/mol.